The van der Waals surface area contributed by atoms with Gasteiger partial charge in [0.1, 0.15) is 5.75 Å². The smallest absolute Gasteiger partial charge is 0.220 e. The third kappa shape index (κ3) is 5.86. The van der Waals surface area contributed by atoms with Crippen molar-refractivity contribution in [2.24, 2.45) is 0 Å². The minimum Gasteiger partial charge on any atom is -0.494 e. The van der Waals surface area contributed by atoms with E-state index in [4.69, 9.17) is 16.3 Å². The lowest BCUT2D eigenvalue weighted by Crippen LogP contribution is -2.26. The number of hydrogen-bond acceptors (Lipinski definition) is 3. The summed E-state index contributed by atoms with van der Waals surface area (Å²) in [5.74, 6) is 0.801. The van der Waals surface area contributed by atoms with Gasteiger partial charge in [0.15, 0.2) is 0 Å². The van der Waals surface area contributed by atoms with Gasteiger partial charge in [-0.15, -0.1) is 0 Å². The SMILES string of the molecule is Cc1cc(OCCCC(=O)NCCc2ccn(-c3ccccc3)n2)ccc1Cl. The summed E-state index contributed by atoms with van der Waals surface area (Å²) in [7, 11) is 0. The standard InChI is InChI=1S/C22H24ClN3O2/c1-17-16-20(9-10-21(17)23)28-15-5-8-22(27)24-13-11-18-12-14-26(25-18)19-6-3-2-4-7-19/h2-4,6-7,9-10,12,14,16H,5,8,11,13,15H2,1H3,(H,24,27). The average Bonchev–Trinajstić information content (AvgIpc) is 3.17. The Bertz CT molecular complexity index is 909. The lowest BCUT2D eigenvalue weighted by molar-refractivity contribution is -0.121. The Balaban J connectivity index is 1.32. The Morgan fingerprint density at radius 2 is 2.00 bits per heavy atom. The van der Waals surface area contributed by atoms with Crippen LogP contribution in [0.25, 0.3) is 5.69 Å². The van der Waals surface area contributed by atoms with Crippen LogP contribution in [0, 0.1) is 6.92 Å². The summed E-state index contributed by atoms with van der Waals surface area (Å²) in [6.07, 6.45) is 3.73. The number of amides is 1. The van der Waals surface area contributed by atoms with Crippen molar-refractivity contribution >= 4 is 17.5 Å². The highest BCUT2D eigenvalue weighted by Crippen LogP contribution is 2.21. The van der Waals surface area contributed by atoms with E-state index >= 15 is 0 Å². The molecule has 0 spiro atoms. The summed E-state index contributed by atoms with van der Waals surface area (Å²) in [4.78, 5) is 12.0. The van der Waals surface area contributed by atoms with Gasteiger partial charge in [-0.1, -0.05) is 29.8 Å². The quantitative estimate of drug-likeness (QED) is 0.546. The van der Waals surface area contributed by atoms with Crippen LogP contribution in [-0.2, 0) is 11.2 Å². The number of rotatable bonds is 9. The first-order valence-electron chi connectivity index (χ1n) is 9.37. The van der Waals surface area contributed by atoms with Crippen LogP contribution in [0.1, 0.15) is 24.1 Å². The van der Waals surface area contributed by atoms with E-state index in [-0.39, 0.29) is 5.91 Å². The molecule has 0 bridgehead atoms. The Morgan fingerprint density at radius 3 is 2.79 bits per heavy atom. The zero-order chi connectivity index (χ0) is 19.8. The zero-order valence-corrected chi connectivity index (χ0v) is 16.7. The average molecular weight is 398 g/mol. The van der Waals surface area contributed by atoms with E-state index in [9.17, 15) is 4.79 Å². The fraction of sp³-hybridized carbons (Fsp3) is 0.273. The van der Waals surface area contributed by atoms with Crippen molar-refractivity contribution in [3.8, 4) is 11.4 Å². The molecule has 6 heteroatoms. The van der Waals surface area contributed by atoms with Crippen LogP contribution in [-0.4, -0.2) is 28.8 Å². The molecule has 0 atom stereocenters. The fourth-order valence-electron chi connectivity index (χ4n) is 2.77. The number of nitrogens with one attached hydrogen (secondary N) is 1. The highest BCUT2D eigenvalue weighted by molar-refractivity contribution is 6.31. The van der Waals surface area contributed by atoms with Gasteiger partial charge in [0.05, 0.1) is 18.0 Å². The summed E-state index contributed by atoms with van der Waals surface area (Å²) < 4.78 is 7.50. The van der Waals surface area contributed by atoms with E-state index in [1.165, 1.54) is 0 Å². The van der Waals surface area contributed by atoms with Crippen molar-refractivity contribution < 1.29 is 9.53 Å². The number of nitrogens with zero attached hydrogens (tertiary/aromatic N) is 2. The molecule has 1 heterocycles. The van der Waals surface area contributed by atoms with Crippen LogP contribution in [0.2, 0.25) is 5.02 Å². The second-order valence-corrected chi connectivity index (χ2v) is 6.96. The van der Waals surface area contributed by atoms with Gasteiger partial charge in [-0.2, -0.15) is 5.10 Å². The molecule has 2 aromatic carbocycles. The molecule has 1 amide bonds. The molecule has 28 heavy (non-hydrogen) atoms. The minimum absolute atomic E-state index is 0.0263. The summed E-state index contributed by atoms with van der Waals surface area (Å²) in [6.45, 7) is 3.00. The van der Waals surface area contributed by atoms with E-state index in [1.807, 2.05) is 72.4 Å². The molecule has 5 nitrogen and oxygen atoms in total. The molecule has 1 N–H and O–H groups in total. The highest BCUT2D eigenvalue weighted by Gasteiger charge is 2.05. The Kier molecular flexibility index (Phi) is 7.09. The molecular weight excluding hydrogens is 374 g/mol. The molecule has 0 unspecified atom stereocenters. The van der Waals surface area contributed by atoms with Crippen molar-refractivity contribution in [1.82, 2.24) is 15.1 Å². The Morgan fingerprint density at radius 1 is 1.18 bits per heavy atom. The lowest BCUT2D eigenvalue weighted by atomic mass is 10.2. The monoisotopic (exact) mass is 397 g/mol. The zero-order valence-electron chi connectivity index (χ0n) is 15.9. The van der Waals surface area contributed by atoms with Gasteiger partial charge in [0.2, 0.25) is 5.91 Å². The van der Waals surface area contributed by atoms with E-state index in [1.54, 1.807) is 0 Å². The summed E-state index contributed by atoms with van der Waals surface area (Å²) in [6, 6.07) is 17.5. The first kappa shape index (κ1) is 20.0. The maximum atomic E-state index is 12.0. The first-order chi connectivity index (χ1) is 13.6. The van der Waals surface area contributed by atoms with Crippen molar-refractivity contribution in [1.29, 1.82) is 0 Å². The van der Waals surface area contributed by atoms with Crippen molar-refractivity contribution in [2.75, 3.05) is 13.2 Å². The number of hydrogen-bond donors (Lipinski definition) is 1. The molecule has 1 aromatic heterocycles. The molecule has 0 radical (unpaired) electrons. The predicted molar refractivity (Wildman–Crippen MR) is 111 cm³/mol. The number of carbonyl (C=O) groups is 1. The third-order valence-corrected chi connectivity index (χ3v) is 4.74. The van der Waals surface area contributed by atoms with E-state index < -0.39 is 0 Å². The molecule has 3 aromatic rings. The van der Waals surface area contributed by atoms with Crippen LogP contribution >= 0.6 is 11.6 Å². The van der Waals surface area contributed by atoms with Gasteiger partial charge in [0, 0.05) is 30.6 Å². The minimum atomic E-state index is 0.0263. The highest BCUT2D eigenvalue weighted by atomic mass is 35.5. The number of aryl methyl sites for hydroxylation is 1. The molecule has 0 saturated heterocycles. The van der Waals surface area contributed by atoms with Crippen molar-refractivity contribution in [3.05, 3.63) is 77.1 Å². The van der Waals surface area contributed by atoms with Crippen LogP contribution < -0.4 is 10.1 Å². The summed E-state index contributed by atoms with van der Waals surface area (Å²) >= 11 is 5.99. The largest absolute Gasteiger partial charge is 0.494 e. The fourth-order valence-corrected chi connectivity index (χ4v) is 2.89. The van der Waals surface area contributed by atoms with E-state index in [0.29, 0.717) is 32.4 Å². The molecule has 0 fully saturated rings. The summed E-state index contributed by atoms with van der Waals surface area (Å²) in [5, 5.41) is 8.19. The molecule has 3 rings (SSSR count). The normalized spacial score (nSPS) is 10.6. The summed E-state index contributed by atoms with van der Waals surface area (Å²) in [5.41, 5.74) is 2.95. The number of aromatic nitrogens is 2. The van der Waals surface area contributed by atoms with Gasteiger partial charge in [0.25, 0.3) is 0 Å². The van der Waals surface area contributed by atoms with Crippen molar-refractivity contribution in [2.45, 2.75) is 26.2 Å². The van der Waals surface area contributed by atoms with Crippen LogP contribution in [0.5, 0.6) is 5.75 Å². The Labute approximate surface area is 170 Å². The van der Waals surface area contributed by atoms with Crippen LogP contribution in [0.15, 0.2) is 60.8 Å². The number of halogens is 1. The van der Waals surface area contributed by atoms with E-state index in [0.717, 1.165) is 27.7 Å². The molecular formula is C22H24ClN3O2. The van der Waals surface area contributed by atoms with Gasteiger partial charge in [-0.05, 0) is 55.3 Å². The number of para-hydroxylation sites is 1. The topological polar surface area (TPSA) is 56.1 Å². The van der Waals surface area contributed by atoms with Gasteiger partial charge >= 0.3 is 0 Å². The molecule has 0 saturated carbocycles. The van der Waals surface area contributed by atoms with Gasteiger partial charge in [-0.3, -0.25) is 4.79 Å². The van der Waals surface area contributed by atoms with Crippen molar-refractivity contribution in [3.63, 3.8) is 0 Å². The number of carbonyl (C=O) groups excluding carboxylic acids is 1. The Hall–Kier alpha value is -2.79. The number of benzene rings is 2. The van der Waals surface area contributed by atoms with Crippen LogP contribution in [0.3, 0.4) is 0 Å². The van der Waals surface area contributed by atoms with Gasteiger partial charge < -0.3 is 10.1 Å². The second kappa shape index (κ2) is 9.95. The maximum absolute atomic E-state index is 12.0. The van der Waals surface area contributed by atoms with E-state index in [2.05, 4.69) is 10.4 Å². The predicted octanol–water partition coefficient (Wildman–Crippen LogP) is 4.35. The lowest BCUT2D eigenvalue weighted by Gasteiger charge is -2.08. The molecule has 0 aliphatic heterocycles. The molecule has 146 valence electrons. The maximum Gasteiger partial charge on any atom is 0.220 e. The van der Waals surface area contributed by atoms with Crippen LogP contribution in [0.4, 0.5) is 0 Å². The second-order valence-electron chi connectivity index (χ2n) is 6.55. The number of ether oxygens (including phenoxy) is 1. The van der Waals surface area contributed by atoms with Gasteiger partial charge in [-0.25, -0.2) is 4.68 Å². The molecule has 0 aliphatic carbocycles. The third-order valence-electron chi connectivity index (χ3n) is 4.31. The molecule has 0 aliphatic rings. The first-order valence-corrected chi connectivity index (χ1v) is 9.75.